The van der Waals surface area contributed by atoms with E-state index >= 15 is 0 Å². The number of nitrogens with zero attached hydrogens (tertiary/aromatic N) is 1. The minimum atomic E-state index is -1.12. The van der Waals surface area contributed by atoms with E-state index in [1.165, 1.54) is 4.90 Å². The Kier molecular flexibility index (Phi) is 4.74. The number of primary amides is 1. The van der Waals surface area contributed by atoms with Crippen LogP contribution in [0.3, 0.4) is 0 Å². The minimum Gasteiger partial charge on any atom is -0.481 e. The first kappa shape index (κ1) is 13.3. The summed E-state index contributed by atoms with van der Waals surface area (Å²) in [6.45, 7) is 1.48. The van der Waals surface area contributed by atoms with Crippen LogP contribution in [0.2, 0.25) is 0 Å². The molecule has 1 fully saturated rings. The number of urea groups is 1. The number of hydrogen-bond acceptors (Lipinski definition) is 3. The van der Waals surface area contributed by atoms with Crippen molar-refractivity contribution in [3.63, 3.8) is 0 Å². The molecule has 1 rings (SSSR count). The van der Waals surface area contributed by atoms with Gasteiger partial charge < -0.3 is 21.1 Å². The van der Waals surface area contributed by atoms with Gasteiger partial charge in [0.15, 0.2) is 0 Å². The van der Waals surface area contributed by atoms with Crippen LogP contribution in [0.15, 0.2) is 0 Å². The van der Waals surface area contributed by atoms with Gasteiger partial charge in [0.05, 0.1) is 0 Å². The Bertz CT molecular complexity index is 319. The van der Waals surface area contributed by atoms with Crippen molar-refractivity contribution in [2.75, 3.05) is 19.6 Å². The fraction of sp³-hybridized carbons (Fsp3) is 0.700. The van der Waals surface area contributed by atoms with Crippen LogP contribution in [0, 0.1) is 5.92 Å². The number of rotatable bonds is 4. The Balaban J connectivity index is 2.40. The van der Waals surface area contributed by atoms with Crippen molar-refractivity contribution in [2.45, 2.75) is 19.3 Å². The maximum atomic E-state index is 11.5. The summed E-state index contributed by atoms with van der Waals surface area (Å²) in [4.78, 5) is 34.0. The van der Waals surface area contributed by atoms with Gasteiger partial charge in [-0.1, -0.05) is 0 Å². The molecule has 0 spiro atoms. The number of piperidine rings is 1. The summed E-state index contributed by atoms with van der Waals surface area (Å²) in [5.41, 5.74) is 4.96. The highest BCUT2D eigenvalue weighted by atomic mass is 16.4. The lowest BCUT2D eigenvalue weighted by Crippen LogP contribution is -2.44. The van der Waals surface area contributed by atoms with E-state index in [0.29, 0.717) is 19.6 Å². The second kappa shape index (κ2) is 6.07. The Morgan fingerprint density at radius 2 is 2.12 bits per heavy atom. The molecule has 1 atom stereocenters. The van der Waals surface area contributed by atoms with E-state index in [1.807, 2.05) is 0 Å². The minimum absolute atomic E-state index is 0.147. The van der Waals surface area contributed by atoms with Crippen molar-refractivity contribution >= 4 is 17.9 Å². The molecule has 17 heavy (non-hydrogen) atoms. The number of aliphatic carboxylic acids is 1. The molecular weight excluding hydrogens is 226 g/mol. The molecule has 0 bridgehead atoms. The first-order valence-electron chi connectivity index (χ1n) is 5.52. The van der Waals surface area contributed by atoms with Crippen molar-refractivity contribution in [3.05, 3.63) is 0 Å². The van der Waals surface area contributed by atoms with Crippen LogP contribution >= 0.6 is 0 Å². The number of carbonyl (C=O) groups excluding carboxylic acids is 2. The van der Waals surface area contributed by atoms with E-state index in [2.05, 4.69) is 5.32 Å². The zero-order valence-electron chi connectivity index (χ0n) is 9.52. The fourth-order valence-electron chi connectivity index (χ4n) is 1.94. The summed E-state index contributed by atoms with van der Waals surface area (Å²) in [6, 6.07) is -0.584. The van der Waals surface area contributed by atoms with E-state index in [9.17, 15) is 14.4 Å². The molecule has 1 saturated heterocycles. The summed E-state index contributed by atoms with van der Waals surface area (Å²) >= 11 is 0. The maximum absolute atomic E-state index is 11.5. The summed E-state index contributed by atoms with van der Waals surface area (Å²) in [5.74, 6) is -1.34. The van der Waals surface area contributed by atoms with Gasteiger partial charge in [-0.15, -0.1) is 0 Å². The van der Waals surface area contributed by atoms with Crippen molar-refractivity contribution in [1.82, 2.24) is 10.2 Å². The van der Waals surface area contributed by atoms with Gasteiger partial charge in [0, 0.05) is 19.6 Å². The average Bonchev–Trinajstić information content (AvgIpc) is 2.26. The largest absolute Gasteiger partial charge is 0.481 e. The van der Waals surface area contributed by atoms with Crippen LogP contribution in [0.25, 0.3) is 0 Å². The van der Waals surface area contributed by atoms with E-state index < -0.39 is 18.4 Å². The number of hydrogen-bond donors (Lipinski definition) is 3. The molecule has 1 unspecified atom stereocenters. The molecule has 7 heteroatoms. The predicted octanol–water partition coefficient (Wildman–Crippen LogP) is -0.632. The third-order valence-electron chi connectivity index (χ3n) is 2.74. The second-order valence-corrected chi connectivity index (χ2v) is 4.16. The van der Waals surface area contributed by atoms with Gasteiger partial charge in [0.25, 0.3) is 0 Å². The van der Waals surface area contributed by atoms with Gasteiger partial charge in [0.2, 0.25) is 5.91 Å². The lowest BCUT2D eigenvalue weighted by molar-refractivity contribution is -0.145. The topological polar surface area (TPSA) is 113 Å². The van der Waals surface area contributed by atoms with Crippen molar-refractivity contribution < 1.29 is 19.5 Å². The van der Waals surface area contributed by atoms with Crippen LogP contribution in [-0.2, 0) is 9.59 Å². The Morgan fingerprint density at radius 1 is 1.41 bits per heavy atom. The third-order valence-corrected chi connectivity index (χ3v) is 2.74. The summed E-state index contributed by atoms with van der Waals surface area (Å²) in [5, 5.41) is 11.0. The van der Waals surface area contributed by atoms with E-state index in [1.54, 1.807) is 0 Å². The Labute approximate surface area is 98.9 Å². The molecule has 3 amide bonds. The molecule has 96 valence electrons. The van der Waals surface area contributed by atoms with Crippen molar-refractivity contribution in [2.24, 2.45) is 11.7 Å². The summed E-state index contributed by atoms with van der Waals surface area (Å²) < 4.78 is 0. The highest BCUT2D eigenvalue weighted by Gasteiger charge is 2.24. The molecule has 0 aromatic rings. The highest BCUT2D eigenvalue weighted by Crippen LogP contribution is 2.16. The maximum Gasteiger partial charge on any atom is 0.312 e. The number of amides is 3. The normalized spacial score (nSPS) is 19.8. The zero-order valence-corrected chi connectivity index (χ0v) is 9.52. The second-order valence-electron chi connectivity index (χ2n) is 4.16. The molecular formula is C10H17N3O4. The first-order valence-corrected chi connectivity index (χ1v) is 5.52. The number of likely N-dealkylation sites (tertiary alicyclic amines) is 1. The van der Waals surface area contributed by atoms with Crippen LogP contribution < -0.4 is 11.1 Å². The monoisotopic (exact) mass is 243 g/mol. The van der Waals surface area contributed by atoms with E-state index in [-0.39, 0.29) is 11.8 Å². The quantitative estimate of drug-likeness (QED) is 0.570. The third kappa shape index (κ3) is 4.71. The predicted molar refractivity (Wildman–Crippen MR) is 59.1 cm³/mol. The zero-order chi connectivity index (χ0) is 12.8. The van der Waals surface area contributed by atoms with Gasteiger partial charge >= 0.3 is 12.0 Å². The van der Waals surface area contributed by atoms with Gasteiger partial charge in [-0.25, -0.2) is 4.79 Å². The van der Waals surface area contributed by atoms with Crippen LogP contribution in [0.5, 0.6) is 0 Å². The highest BCUT2D eigenvalue weighted by molar-refractivity contribution is 5.93. The molecule has 0 aliphatic carbocycles. The number of carbonyl (C=O) groups is 3. The number of nitrogens with two attached hydrogens (primary N) is 1. The summed E-state index contributed by atoms with van der Waals surface area (Å²) in [7, 11) is 0. The van der Waals surface area contributed by atoms with Crippen molar-refractivity contribution in [3.8, 4) is 0 Å². The molecule has 0 aromatic heterocycles. The summed E-state index contributed by atoms with van der Waals surface area (Å²) in [6.07, 6.45) is 1.24. The molecule has 4 N–H and O–H groups in total. The molecule has 0 saturated carbocycles. The van der Waals surface area contributed by atoms with E-state index in [0.717, 1.165) is 12.8 Å². The molecule has 7 nitrogen and oxygen atoms in total. The Morgan fingerprint density at radius 3 is 2.71 bits per heavy atom. The SMILES string of the molecule is NC(=O)NCC1CCCN(C(=O)CC(=O)O)C1. The van der Waals surface area contributed by atoms with Gasteiger partial charge in [0.1, 0.15) is 6.42 Å². The lowest BCUT2D eigenvalue weighted by atomic mass is 9.98. The average molecular weight is 243 g/mol. The van der Waals surface area contributed by atoms with Gasteiger partial charge in [-0.05, 0) is 18.8 Å². The number of carboxylic acid groups (broad SMARTS) is 1. The van der Waals surface area contributed by atoms with E-state index in [4.69, 9.17) is 10.8 Å². The molecule has 1 aliphatic heterocycles. The van der Waals surface area contributed by atoms with Gasteiger partial charge in [-0.2, -0.15) is 0 Å². The molecule has 1 aliphatic rings. The molecule has 0 radical (unpaired) electrons. The molecule has 0 aromatic carbocycles. The lowest BCUT2D eigenvalue weighted by Gasteiger charge is -2.32. The van der Waals surface area contributed by atoms with Gasteiger partial charge in [-0.3, -0.25) is 9.59 Å². The smallest absolute Gasteiger partial charge is 0.312 e. The number of nitrogens with one attached hydrogen (secondary N) is 1. The first-order chi connectivity index (χ1) is 7.99. The fourth-order valence-corrected chi connectivity index (χ4v) is 1.94. The van der Waals surface area contributed by atoms with Crippen LogP contribution in [0.4, 0.5) is 4.79 Å². The standard InChI is InChI=1S/C10H17N3O4/c11-10(17)12-5-7-2-1-3-13(6-7)8(14)4-9(15)16/h7H,1-6H2,(H,15,16)(H3,11,12,17). The molecule has 1 heterocycles. The Hall–Kier alpha value is -1.79. The van der Waals surface area contributed by atoms with Crippen LogP contribution in [0.1, 0.15) is 19.3 Å². The number of carboxylic acids is 1. The van der Waals surface area contributed by atoms with Crippen molar-refractivity contribution in [1.29, 1.82) is 0 Å². The van der Waals surface area contributed by atoms with Crippen LogP contribution in [-0.4, -0.2) is 47.5 Å².